The topological polar surface area (TPSA) is 72.6 Å². The number of nitrogens with two attached hydrogens (primary N) is 1. The summed E-state index contributed by atoms with van der Waals surface area (Å²) < 4.78 is 4.74. The van der Waals surface area contributed by atoms with Crippen LogP contribution >= 0.6 is 23.2 Å². The molecule has 0 aromatic heterocycles. The maximum Gasteiger partial charge on any atom is 0.328 e. The Labute approximate surface area is 139 Å². The number of likely N-dealkylation sites (tertiary alicyclic amines) is 1. The lowest BCUT2D eigenvalue weighted by atomic mass is 10.1. The highest BCUT2D eigenvalue weighted by atomic mass is 35.5. The molecule has 0 radical (unpaired) electrons. The minimum absolute atomic E-state index is 0.251. The summed E-state index contributed by atoms with van der Waals surface area (Å²) in [5, 5.41) is 0.878. The number of carbonyl (C=O) groups excluding carboxylic acids is 2. The Hall–Kier alpha value is -1.30. The maximum atomic E-state index is 12.5. The van der Waals surface area contributed by atoms with Crippen LogP contribution in [0.1, 0.15) is 18.4 Å². The van der Waals surface area contributed by atoms with Crippen LogP contribution in [-0.4, -0.2) is 42.5 Å². The first-order valence-corrected chi connectivity index (χ1v) is 7.77. The molecule has 120 valence electrons. The second-order valence-corrected chi connectivity index (χ2v) is 6.09. The van der Waals surface area contributed by atoms with E-state index in [4.69, 9.17) is 33.7 Å². The molecule has 1 fully saturated rings. The SMILES string of the molecule is COC(=O)[C@@H]1CCCN1C(=O)[C@@H](N)Cc1ccc(Cl)c(Cl)c1. The van der Waals surface area contributed by atoms with E-state index < -0.39 is 18.1 Å². The zero-order valence-corrected chi connectivity index (χ0v) is 13.7. The molecule has 0 bridgehead atoms. The first-order chi connectivity index (χ1) is 10.4. The molecule has 1 heterocycles. The summed E-state index contributed by atoms with van der Waals surface area (Å²) in [6.07, 6.45) is 1.71. The van der Waals surface area contributed by atoms with Gasteiger partial charge >= 0.3 is 5.97 Å². The largest absolute Gasteiger partial charge is 0.467 e. The zero-order chi connectivity index (χ0) is 16.3. The molecule has 2 atom stereocenters. The fourth-order valence-electron chi connectivity index (χ4n) is 2.63. The Morgan fingerprint density at radius 3 is 2.77 bits per heavy atom. The first-order valence-electron chi connectivity index (χ1n) is 7.02. The van der Waals surface area contributed by atoms with Gasteiger partial charge in [0.1, 0.15) is 6.04 Å². The number of carbonyl (C=O) groups is 2. The number of nitrogens with zero attached hydrogens (tertiary/aromatic N) is 1. The molecule has 1 saturated heterocycles. The molecule has 0 spiro atoms. The quantitative estimate of drug-likeness (QED) is 0.848. The van der Waals surface area contributed by atoms with Gasteiger partial charge in [-0.1, -0.05) is 29.3 Å². The van der Waals surface area contributed by atoms with Gasteiger partial charge in [-0.3, -0.25) is 4.79 Å². The van der Waals surface area contributed by atoms with E-state index in [1.54, 1.807) is 18.2 Å². The fraction of sp³-hybridized carbons (Fsp3) is 0.467. The van der Waals surface area contributed by atoms with Crippen molar-refractivity contribution in [1.29, 1.82) is 0 Å². The van der Waals surface area contributed by atoms with E-state index in [1.807, 2.05) is 0 Å². The van der Waals surface area contributed by atoms with Crippen LogP contribution in [0.2, 0.25) is 10.0 Å². The average Bonchev–Trinajstić information content (AvgIpc) is 2.98. The van der Waals surface area contributed by atoms with Gasteiger partial charge in [-0.05, 0) is 37.0 Å². The van der Waals surface area contributed by atoms with Crippen LogP contribution in [0.3, 0.4) is 0 Å². The van der Waals surface area contributed by atoms with Crippen molar-refractivity contribution in [2.24, 2.45) is 5.73 Å². The minimum Gasteiger partial charge on any atom is -0.467 e. The first kappa shape index (κ1) is 17.1. The molecular formula is C15H18Cl2N2O3. The van der Waals surface area contributed by atoms with Crippen LogP contribution < -0.4 is 5.73 Å². The molecule has 0 saturated carbocycles. The third kappa shape index (κ3) is 3.72. The normalized spacial score (nSPS) is 19.1. The van der Waals surface area contributed by atoms with E-state index in [0.29, 0.717) is 29.4 Å². The summed E-state index contributed by atoms with van der Waals surface area (Å²) in [6, 6.07) is 3.88. The van der Waals surface area contributed by atoms with Crippen molar-refractivity contribution in [2.75, 3.05) is 13.7 Å². The Bertz CT molecular complexity index is 580. The van der Waals surface area contributed by atoms with Gasteiger partial charge in [0.05, 0.1) is 23.2 Å². The summed E-state index contributed by atoms with van der Waals surface area (Å²) in [4.78, 5) is 25.7. The molecule has 1 aromatic rings. The maximum absolute atomic E-state index is 12.5. The van der Waals surface area contributed by atoms with Gasteiger partial charge in [0.15, 0.2) is 0 Å². The van der Waals surface area contributed by atoms with Crippen LogP contribution in [-0.2, 0) is 20.7 Å². The standard InChI is InChI=1S/C15H18Cl2N2O3/c1-22-15(21)13-3-2-6-19(13)14(20)12(18)8-9-4-5-10(16)11(17)7-9/h4-5,7,12-13H,2-3,6,8,18H2,1H3/t12-,13-/m0/s1. The minimum atomic E-state index is -0.734. The summed E-state index contributed by atoms with van der Waals surface area (Å²) in [5.41, 5.74) is 6.82. The predicted octanol–water partition coefficient (Wildman–Crippen LogP) is 2.03. The number of hydrogen-bond donors (Lipinski definition) is 1. The number of hydrogen-bond acceptors (Lipinski definition) is 4. The van der Waals surface area contributed by atoms with E-state index >= 15 is 0 Å². The van der Waals surface area contributed by atoms with Gasteiger partial charge in [-0.2, -0.15) is 0 Å². The van der Waals surface area contributed by atoms with E-state index in [-0.39, 0.29) is 5.91 Å². The van der Waals surface area contributed by atoms with Crippen molar-refractivity contribution in [3.63, 3.8) is 0 Å². The summed E-state index contributed by atoms with van der Waals surface area (Å²) in [6.45, 7) is 0.522. The lowest BCUT2D eigenvalue weighted by Gasteiger charge is -2.25. The predicted molar refractivity (Wildman–Crippen MR) is 84.9 cm³/mol. The Morgan fingerprint density at radius 1 is 1.41 bits per heavy atom. The highest BCUT2D eigenvalue weighted by Gasteiger charge is 2.36. The highest BCUT2D eigenvalue weighted by Crippen LogP contribution is 2.24. The number of rotatable bonds is 4. The molecule has 1 amide bonds. The van der Waals surface area contributed by atoms with E-state index in [2.05, 4.69) is 0 Å². The number of amides is 1. The van der Waals surface area contributed by atoms with E-state index in [9.17, 15) is 9.59 Å². The number of ether oxygens (including phenoxy) is 1. The van der Waals surface area contributed by atoms with Crippen molar-refractivity contribution in [3.05, 3.63) is 33.8 Å². The smallest absolute Gasteiger partial charge is 0.328 e. The number of esters is 1. The van der Waals surface area contributed by atoms with Crippen LogP contribution in [0.5, 0.6) is 0 Å². The van der Waals surface area contributed by atoms with Gasteiger partial charge in [-0.15, -0.1) is 0 Å². The van der Waals surface area contributed by atoms with Crippen LogP contribution in [0.25, 0.3) is 0 Å². The number of benzene rings is 1. The second kappa shape index (κ2) is 7.31. The lowest BCUT2D eigenvalue weighted by Crippen LogP contribution is -2.49. The molecule has 0 unspecified atom stereocenters. The average molecular weight is 345 g/mol. The molecule has 2 rings (SSSR count). The van der Waals surface area contributed by atoms with E-state index in [0.717, 1.165) is 12.0 Å². The lowest BCUT2D eigenvalue weighted by molar-refractivity contribution is -0.151. The summed E-state index contributed by atoms with van der Waals surface area (Å²) >= 11 is 11.8. The van der Waals surface area contributed by atoms with Crippen LogP contribution in [0.4, 0.5) is 0 Å². The molecule has 2 N–H and O–H groups in total. The number of methoxy groups -OCH3 is 1. The summed E-state index contributed by atoms with van der Waals surface area (Å²) in [7, 11) is 1.32. The van der Waals surface area contributed by atoms with Crippen LogP contribution in [0, 0.1) is 0 Å². The van der Waals surface area contributed by atoms with Gasteiger partial charge in [0, 0.05) is 6.54 Å². The molecule has 1 aliphatic rings. The highest BCUT2D eigenvalue weighted by molar-refractivity contribution is 6.42. The van der Waals surface area contributed by atoms with Crippen LogP contribution in [0.15, 0.2) is 18.2 Å². The molecular weight excluding hydrogens is 327 g/mol. The third-order valence-electron chi connectivity index (χ3n) is 3.77. The second-order valence-electron chi connectivity index (χ2n) is 5.27. The van der Waals surface area contributed by atoms with Gasteiger partial charge in [0.2, 0.25) is 5.91 Å². The van der Waals surface area contributed by atoms with Gasteiger partial charge < -0.3 is 15.4 Å². The van der Waals surface area contributed by atoms with Crippen molar-refractivity contribution >= 4 is 35.1 Å². The fourth-order valence-corrected chi connectivity index (χ4v) is 2.95. The molecule has 22 heavy (non-hydrogen) atoms. The van der Waals surface area contributed by atoms with Crippen molar-refractivity contribution in [3.8, 4) is 0 Å². The van der Waals surface area contributed by atoms with Gasteiger partial charge in [0.25, 0.3) is 0 Å². The Morgan fingerprint density at radius 2 is 2.14 bits per heavy atom. The monoisotopic (exact) mass is 344 g/mol. The van der Waals surface area contributed by atoms with Crippen molar-refractivity contribution in [1.82, 2.24) is 4.90 Å². The Kier molecular flexibility index (Phi) is 5.67. The summed E-state index contributed by atoms with van der Waals surface area (Å²) in [5.74, 6) is -0.647. The molecule has 7 heteroatoms. The molecule has 0 aliphatic carbocycles. The molecule has 1 aliphatic heterocycles. The van der Waals surface area contributed by atoms with Gasteiger partial charge in [-0.25, -0.2) is 4.79 Å². The Balaban J connectivity index is 2.05. The van der Waals surface area contributed by atoms with Crippen molar-refractivity contribution in [2.45, 2.75) is 31.3 Å². The number of halogens is 2. The molecule has 5 nitrogen and oxygen atoms in total. The van der Waals surface area contributed by atoms with Crippen molar-refractivity contribution < 1.29 is 14.3 Å². The third-order valence-corrected chi connectivity index (χ3v) is 4.50. The molecule has 1 aromatic carbocycles. The van der Waals surface area contributed by atoms with E-state index in [1.165, 1.54) is 12.0 Å². The zero-order valence-electron chi connectivity index (χ0n) is 12.2.